The number of primary amides is 2. The van der Waals surface area contributed by atoms with Crippen molar-refractivity contribution in [3.05, 3.63) is 65.0 Å². The Morgan fingerprint density at radius 1 is 0.750 bits per heavy atom. The van der Waals surface area contributed by atoms with Crippen LogP contribution in [0.1, 0.15) is 41.4 Å². The van der Waals surface area contributed by atoms with Gasteiger partial charge in [0, 0.05) is 17.8 Å². The van der Waals surface area contributed by atoms with Crippen molar-refractivity contribution in [1.82, 2.24) is 4.98 Å². The average molecular weight is 379 g/mol. The maximum Gasteiger partial charge on any atom is 0.337 e. The minimum atomic E-state index is -1.72. The molecule has 9 nitrogen and oxygen atoms in total. The highest BCUT2D eigenvalue weighted by Crippen LogP contribution is 2.37. The summed E-state index contributed by atoms with van der Waals surface area (Å²) in [5.74, 6) is -5.70. The first-order valence-electron chi connectivity index (χ1n) is 7.85. The Morgan fingerprint density at radius 3 is 1.82 bits per heavy atom. The summed E-state index contributed by atoms with van der Waals surface area (Å²) in [5, 5.41) is 19.4. The summed E-state index contributed by atoms with van der Waals surface area (Å²) in [6, 6.07) is 7.65. The molecular weight excluding hydrogens is 366 g/mol. The molecule has 140 valence electrons. The molecule has 0 aliphatic carbocycles. The first-order chi connectivity index (χ1) is 13.3. The van der Waals surface area contributed by atoms with Crippen LogP contribution in [0, 0.1) is 0 Å². The monoisotopic (exact) mass is 379 g/mol. The number of carbonyl (C=O) groups is 4. The third kappa shape index (κ3) is 2.80. The van der Waals surface area contributed by atoms with E-state index in [0.29, 0.717) is 11.1 Å². The Labute approximate surface area is 157 Å². The van der Waals surface area contributed by atoms with Gasteiger partial charge in [-0.2, -0.15) is 0 Å². The molecule has 0 aliphatic heterocycles. The molecule has 2 amide bonds. The zero-order valence-corrected chi connectivity index (χ0v) is 14.2. The highest BCUT2D eigenvalue weighted by Gasteiger charge is 2.32. The zero-order chi connectivity index (χ0) is 20.6. The minimum Gasteiger partial charge on any atom is -0.478 e. The number of aromatic nitrogens is 1. The molecule has 0 saturated carbocycles. The number of benzene rings is 2. The average Bonchev–Trinajstić information content (AvgIpc) is 2.65. The summed E-state index contributed by atoms with van der Waals surface area (Å²) in [7, 11) is 0. The molecule has 1 aromatic heterocycles. The van der Waals surface area contributed by atoms with Crippen molar-refractivity contribution >= 4 is 34.5 Å². The molecule has 0 unspecified atom stereocenters. The molecular formula is C19H13N3O6. The Hall–Kier alpha value is -4.27. The van der Waals surface area contributed by atoms with E-state index in [0.717, 1.165) is 0 Å². The van der Waals surface area contributed by atoms with Gasteiger partial charge in [0.1, 0.15) is 0 Å². The Morgan fingerprint density at radius 2 is 1.32 bits per heavy atom. The van der Waals surface area contributed by atoms with Crippen molar-refractivity contribution in [2.24, 2.45) is 11.5 Å². The molecule has 3 rings (SSSR count). The first-order valence-corrected chi connectivity index (χ1v) is 7.85. The van der Waals surface area contributed by atoms with Crippen LogP contribution >= 0.6 is 0 Å². The van der Waals surface area contributed by atoms with Crippen molar-refractivity contribution in [3.63, 3.8) is 0 Å². The molecule has 2 aromatic carbocycles. The van der Waals surface area contributed by atoms with Crippen LogP contribution in [0.5, 0.6) is 0 Å². The fraction of sp³-hybridized carbons (Fsp3) is 0. The summed E-state index contributed by atoms with van der Waals surface area (Å²) >= 11 is 0. The van der Waals surface area contributed by atoms with Crippen molar-refractivity contribution in [2.45, 2.75) is 0 Å². The molecule has 0 atom stereocenters. The molecule has 6 N–H and O–H groups in total. The Bertz CT molecular complexity index is 1170. The number of hydrogen-bond acceptors (Lipinski definition) is 5. The number of nitrogens with zero attached hydrogens (tertiary/aromatic N) is 1. The van der Waals surface area contributed by atoms with Crippen molar-refractivity contribution in [2.75, 3.05) is 0 Å². The number of fused-ring (bicyclic) bond motifs is 1. The number of aromatic carboxylic acids is 2. The summed E-state index contributed by atoms with van der Waals surface area (Å²) in [6.45, 7) is 0. The molecule has 0 fully saturated rings. The van der Waals surface area contributed by atoms with Gasteiger partial charge in [0.15, 0.2) is 0 Å². The molecule has 1 heterocycles. The van der Waals surface area contributed by atoms with Crippen LogP contribution in [0.3, 0.4) is 0 Å². The fourth-order valence-corrected chi connectivity index (χ4v) is 3.24. The summed E-state index contributed by atoms with van der Waals surface area (Å²) in [4.78, 5) is 51.9. The number of rotatable bonds is 5. The Balaban J connectivity index is 2.71. The third-order valence-corrected chi connectivity index (χ3v) is 4.25. The first kappa shape index (κ1) is 18.5. The standard InChI is InChI=1S/C19H13N3O6/c20-16(23)12-10-3-1-2-9(8-4-6-22-7-5-8)11(10)14(18(25)26)15(19(27)28)13(12)17(21)24/h1-7H,(H2,20,23)(H2,21,24)(H,25,26)(H,27,28). The highest BCUT2D eigenvalue weighted by molar-refractivity contribution is 6.26. The summed E-state index contributed by atoms with van der Waals surface area (Å²) in [5.41, 5.74) is 8.83. The fourth-order valence-electron chi connectivity index (χ4n) is 3.24. The van der Waals surface area contributed by atoms with Crippen LogP contribution in [0.25, 0.3) is 21.9 Å². The minimum absolute atomic E-state index is 0.0120. The number of hydrogen-bond donors (Lipinski definition) is 4. The van der Waals surface area contributed by atoms with E-state index in [1.54, 1.807) is 18.2 Å². The van der Waals surface area contributed by atoms with Gasteiger partial charge in [-0.3, -0.25) is 14.6 Å². The second-order valence-corrected chi connectivity index (χ2v) is 5.80. The van der Waals surface area contributed by atoms with E-state index in [4.69, 9.17) is 11.5 Å². The van der Waals surface area contributed by atoms with Crippen molar-refractivity contribution in [3.8, 4) is 11.1 Å². The van der Waals surface area contributed by atoms with Crippen LogP contribution < -0.4 is 11.5 Å². The lowest BCUT2D eigenvalue weighted by Crippen LogP contribution is -2.27. The predicted octanol–water partition coefficient (Wildman–Crippen LogP) is 1.50. The summed E-state index contributed by atoms with van der Waals surface area (Å²) < 4.78 is 0. The van der Waals surface area contributed by atoms with E-state index < -0.39 is 46.0 Å². The maximum atomic E-state index is 12.1. The van der Waals surface area contributed by atoms with Gasteiger partial charge in [-0.1, -0.05) is 18.2 Å². The highest BCUT2D eigenvalue weighted by atomic mass is 16.4. The third-order valence-electron chi connectivity index (χ3n) is 4.25. The SMILES string of the molecule is NC(=O)c1c(C(=O)O)c(C(=O)O)c2c(-c3ccncc3)cccc2c1C(N)=O. The van der Waals surface area contributed by atoms with Gasteiger partial charge in [-0.05, 0) is 28.6 Å². The number of carbonyl (C=O) groups excluding carboxylic acids is 2. The summed E-state index contributed by atoms with van der Waals surface area (Å²) in [6.07, 6.45) is 2.94. The van der Waals surface area contributed by atoms with Gasteiger partial charge in [0.25, 0.3) is 0 Å². The number of nitrogens with two attached hydrogens (primary N) is 2. The quantitative estimate of drug-likeness (QED) is 0.519. The van der Waals surface area contributed by atoms with Gasteiger partial charge in [-0.15, -0.1) is 0 Å². The van der Waals surface area contributed by atoms with Gasteiger partial charge >= 0.3 is 11.9 Å². The smallest absolute Gasteiger partial charge is 0.337 e. The Kier molecular flexibility index (Phi) is 4.50. The normalized spacial score (nSPS) is 10.6. The van der Waals surface area contributed by atoms with Crippen LogP contribution in [0.2, 0.25) is 0 Å². The van der Waals surface area contributed by atoms with E-state index in [9.17, 15) is 29.4 Å². The van der Waals surface area contributed by atoms with Gasteiger partial charge < -0.3 is 21.7 Å². The number of carboxylic acid groups (broad SMARTS) is 2. The number of carboxylic acids is 2. The van der Waals surface area contributed by atoms with Gasteiger partial charge in [0.2, 0.25) is 11.8 Å². The van der Waals surface area contributed by atoms with Gasteiger partial charge in [-0.25, -0.2) is 9.59 Å². The largest absolute Gasteiger partial charge is 0.478 e. The lowest BCUT2D eigenvalue weighted by molar-refractivity contribution is 0.0651. The van der Waals surface area contributed by atoms with E-state index in [1.807, 2.05) is 0 Å². The van der Waals surface area contributed by atoms with Crippen LogP contribution in [0.15, 0.2) is 42.7 Å². The van der Waals surface area contributed by atoms with Crippen molar-refractivity contribution in [1.29, 1.82) is 0 Å². The van der Waals surface area contributed by atoms with Crippen LogP contribution in [-0.2, 0) is 0 Å². The molecule has 0 aliphatic rings. The van der Waals surface area contributed by atoms with Gasteiger partial charge in [0.05, 0.1) is 22.3 Å². The molecule has 9 heteroatoms. The molecule has 28 heavy (non-hydrogen) atoms. The van der Waals surface area contributed by atoms with E-state index in [1.165, 1.54) is 24.5 Å². The van der Waals surface area contributed by atoms with Crippen LogP contribution in [0.4, 0.5) is 0 Å². The van der Waals surface area contributed by atoms with E-state index in [2.05, 4.69) is 4.98 Å². The number of pyridine rings is 1. The van der Waals surface area contributed by atoms with Crippen LogP contribution in [-0.4, -0.2) is 39.0 Å². The topological polar surface area (TPSA) is 174 Å². The van der Waals surface area contributed by atoms with E-state index >= 15 is 0 Å². The van der Waals surface area contributed by atoms with Crippen molar-refractivity contribution < 1.29 is 29.4 Å². The zero-order valence-electron chi connectivity index (χ0n) is 14.2. The molecule has 0 radical (unpaired) electrons. The lowest BCUT2D eigenvalue weighted by atomic mass is 9.85. The molecule has 3 aromatic rings. The molecule has 0 spiro atoms. The second kappa shape index (κ2) is 6.80. The second-order valence-electron chi connectivity index (χ2n) is 5.80. The lowest BCUT2D eigenvalue weighted by Gasteiger charge is -2.18. The van der Waals surface area contributed by atoms with E-state index in [-0.39, 0.29) is 10.8 Å². The molecule has 0 bridgehead atoms. The molecule has 0 saturated heterocycles. The maximum absolute atomic E-state index is 12.1. The predicted molar refractivity (Wildman–Crippen MR) is 98.1 cm³/mol. The number of amides is 2.